The van der Waals surface area contributed by atoms with Crippen molar-refractivity contribution in [3.63, 3.8) is 0 Å². The number of aliphatic hydroxyl groups excluding tert-OH is 1. The van der Waals surface area contributed by atoms with E-state index in [4.69, 9.17) is 10.2 Å². The summed E-state index contributed by atoms with van der Waals surface area (Å²) in [6, 6.07) is 0. The van der Waals surface area contributed by atoms with Crippen LogP contribution in [0, 0.1) is 0 Å². The van der Waals surface area contributed by atoms with E-state index in [0.717, 1.165) is 0 Å². The van der Waals surface area contributed by atoms with Gasteiger partial charge < -0.3 is 16.4 Å². The highest BCUT2D eigenvalue weighted by atomic mass is 16.4. The van der Waals surface area contributed by atoms with Crippen LogP contribution in [0.25, 0.3) is 0 Å². The zero-order valence-electron chi connectivity index (χ0n) is 3.92. The van der Waals surface area contributed by atoms with E-state index in [1.165, 1.54) is 0 Å². The number of carboxylic acids is 1. The molecule has 5 N–H and O–H groups in total. The Bertz CT molecular complexity index is 54.1. The first-order valence-electron chi connectivity index (χ1n) is 1.60. The first-order valence-corrected chi connectivity index (χ1v) is 1.60. The Balaban J connectivity index is 0. The molecule has 0 aromatic rings. The molecule has 0 radical (unpaired) electrons. The van der Waals surface area contributed by atoms with Crippen molar-refractivity contribution in [1.29, 1.82) is 0 Å². The van der Waals surface area contributed by atoms with Crippen LogP contribution in [-0.4, -0.2) is 22.8 Å². The van der Waals surface area contributed by atoms with Gasteiger partial charge in [0.25, 0.3) is 0 Å². The van der Waals surface area contributed by atoms with Crippen molar-refractivity contribution >= 4 is 5.97 Å². The third-order valence-electron chi connectivity index (χ3n) is 0.326. The van der Waals surface area contributed by atoms with Gasteiger partial charge in [0.15, 0.2) is 0 Å². The topological polar surface area (TPSA) is 92.5 Å². The lowest BCUT2D eigenvalue weighted by molar-refractivity contribution is -0.137. The minimum atomic E-state index is -0.961. The largest absolute Gasteiger partial charge is 0.481 e. The average Bonchev–Trinajstić information content (AvgIpc) is 1.35. The molecule has 0 aromatic heterocycles. The van der Waals surface area contributed by atoms with Crippen LogP contribution >= 0.6 is 0 Å². The molecule has 0 aliphatic rings. The summed E-state index contributed by atoms with van der Waals surface area (Å²) in [4.78, 5) is 9.44. The second kappa shape index (κ2) is 5.39. The molecule has 0 heterocycles. The Morgan fingerprint density at radius 1 is 1.57 bits per heavy atom. The van der Waals surface area contributed by atoms with E-state index < -0.39 is 5.97 Å². The molecule has 7 heavy (non-hydrogen) atoms. The molecule has 0 bridgehead atoms. The fourth-order valence-electron chi connectivity index (χ4n) is 0.0956. The summed E-state index contributed by atoms with van der Waals surface area (Å²) < 4.78 is 0. The van der Waals surface area contributed by atoms with Crippen molar-refractivity contribution in [3.8, 4) is 0 Å². The Morgan fingerprint density at radius 2 is 2.00 bits per heavy atom. The molecule has 0 aliphatic carbocycles. The second-order valence-corrected chi connectivity index (χ2v) is 0.867. The van der Waals surface area contributed by atoms with Crippen LogP contribution in [0.5, 0.6) is 0 Å². The zero-order chi connectivity index (χ0) is 4.99. The fourth-order valence-corrected chi connectivity index (χ4v) is 0.0956. The van der Waals surface area contributed by atoms with E-state index in [1.807, 2.05) is 0 Å². The van der Waals surface area contributed by atoms with Crippen LogP contribution in [0.15, 0.2) is 0 Å². The second-order valence-electron chi connectivity index (χ2n) is 0.867. The number of aliphatic hydroxyl groups is 1. The van der Waals surface area contributed by atoms with E-state index in [1.54, 1.807) is 0 Å². The van der Waals surface area contributed by atoms with Crippen LogP contribution in [-0.2, 0) is 4.79 Å². The lowest BCUT2D eigenvalue weighted by atomic mass is 10.5. The van der Waals surface area contributed by atoms with Crippen molar-refractivity contribution in [3.05, 3.63) is 0 Å². The van der Waals surface area contributed by atoms with E-state index in [-0.39, 0.29) is 19.2 Å². The SMILES string of the molecule is N.O=C(O)CCO. The molecule has 0 amide bonds. The molecule has 4 nitrogen and oxygen atoms in total. The Morgan fingerprint density at radius 3 is 2.00 bits per heavy atom. The summed E-state index contributed by atoms with van der Waals surface area (Å²) >= 11 is 0. The van der Waals surface area contributed by atoms with Crippen molar-refractivity contribution in [2.24, 2.45) is 0 Å². The minimum absolute atomic E-state index is 0. The number of hydrogen-bond acceptors (Lipinski definition) is 3. The molecular weight excluding hydrogens is 98.0 g/mol. The number of carboxylic acid groups (broad SMARTS) is 1. The summed E-state index contributed by atoms with van der Waals surface area (Å²) in [5.41, 5.74) is 0. The Labute approximate surface area is 41.4 Å². The van der Waals surface area contributed by atoms with E-state index in [2.05, 4.69) is 0 Å². The normalized spacial score (nSPS) is 7.00. The predicted molar refractivity (Wildman–Crippen MR) is 24.4 cm³/mol. The lowest BCUT2D eigenvalue weighted by Gasteiger charge is -1.79. The fraction of sp³-hybridized carbons (Fsp3) is 0.667. The maximum atomic E-state index is 9.44. The summed E-state index contributed by atoms with van der Waals surface area (Å²) in [6.45, 7) is -0.269. The van der Waals surface area contributed by atoms with Crippen molar-refractivity contribution in [2.75, 3.05) is 6.61 Å². The van der Waals surface area contributed by atoms with Gasteiger partial charge in [-0.15, -0.1) is 0 Å². The summed E-state index contributed by atoms with van der Waals surface area (Å²) in [5, 5.41) is 15.6. The van der Waals surface area contributed by atoms with Crippen molar-refractivity contribution < 1.29 is 15.0 Å². The predicted octanol–water partition coefficient (Wildman–Crippen LogP) is -0.385. The summed E-state index contributed by atoms with van der Waals surface area (Å²) in [5.74, 6) is -0.961. The van der Waals surface area contributed by atoms with Crippen LogP contribution in [0.2, 0.25) is 0 Å². The lowest BCUT2D eigenvalue weighted by Crippen LogP contribution is -1.96. The molecule has 0 fully saturated rings. The number of hydrogen-bond donors (Lipinski definition) is 3. The third-order valence-corrected chi connectivity index (χ3v) is 0.326. The molecule has 0 rings (SSSR count). The van der Waals surface area contributed by atoms with Gasteiger partial charge in [-0.25, -0.2) is 0 Å². The Hall–Kier alpha value is -0.610. The first kappa shape index (κ1) is 9.63. The zero-order valence-corrected chi connectivity index (χ0v) is 3.92. The van der Waals surface area contributed by atoms with Crippen LogP contribution in [0.4, 0.5) is 0 Å². The highest BCUT2D eigenvalue weighted by Gasteiger charge is 1.88. The van der Waals surface area contributed by atoms with E-state index in [0.29, 0.717) is 0 Å². The minimum Gasteiger partial charge on any atom is -0.481 e. The van der Waals surface area contributed by atoms with Gasteiger partial charge >= 0.3 is 5.97 Å². The van der Waals surface area contributed by atoms with Crippen molar-refractivity contribution in [1.82, 2.24) is 6.15 Å². The van der Waals surface area contributed by atoms with E-state index >= 15 is 0 Å². The first-order chi connectivity index (χ1) is 2.77. The summed E-state index contributed by atoms with van der Waals surface area (Å²) in [7, 11) is 0. The molecule has 0 atom stereocenters. The number of carbonyl (C=O) groups is 1. The van der Waals surface area contributed by atoms with Gasteiger partial charge in [0.05, 0.1) is 13.0 Å². The van der Waals surface area contributed by atoms with Crippen LogP contribution in [0.3, 0.4) is 0 Å². The molecule has 44 valence electrons. The maximum absolute atomic E-state index is 9.44. The van der Waals surface area contributed by atoms with E-state index in [9.17, 15) is 4.79 Å². The molecular formula is C3H9NO3. The Kier molecular flexibility index (Phi) is 7.42. The molecule has 0 aromatic carbocycles. The van der Waals surface area contributed by atoms with Gasteiger partial charge in [0, 0.05) is 0 Å². The maximum Gasteiger partial charge on any atom is 0.305 e. The van der Waals surface area contributed by atoms with Gasteiger partial charge in [-0.1, -0.05) is 0 Å². The summed E-state index contributed by atoms with van der Waals surface area (Å²) in [6.07, 6.45) is -0.153. The molecule has 0 spiro atoms. The van der Waals surface area contributed by atoms with Crippen LogP contribution in [0.1, 0.15) is 6.42 Å². The molecule has 0 saturated heterocycles. The van der Waals surface area contributed by atoms with Gasteiger partial charge in [0.1, 0.15) is 0 Å². The standard InChI is InChI=1S/C3H6O3.H3N/c4-2-1-3(5)6;/h4H,1-2H2,(H,5,6);1H3. The van der Waals surface area contributed by atoms with Gasteiger partial charge in [-0.2, -0.15) is 0 Å². The highest BCUT2D eigenvalue weighted by Crippen LogP contribution is 1.70. The molecule has 0 unspecified atom stereocenters. The van der Waals surface area contributed by atoms with Gasteiger partial charge in [-0.05, 0) is 0 Å². The third kappa shape index (κ3) is 10.8. The van der Waals surface area contributed by atoms with Crippen LogP contribution < -0.4 is 6.15 Å². The average molecular weight is 107 g/mol. The smallest absolute Gasteiger partial charge is 0.305 e. The monoisotopic (exact) mass is 107 g/mol. The quantitative estimate of drug-likeness (QED) is 0.448. The molecule has 0 aliphatic heterocycles. The highest BCUT2D eigenvalue weighted by molar-refractivity contribution is 5.66. The molecule has 0 saturated carbocycles. The van der Waals surface area contributed by atoms with Crippen molar-refractivity contribution in [2.45, 2.75) is 6.42 Å². The van der Waals surface area contributed by atoms with Gasteiger partial charge in [0.2, 0.25) is 0 Å². The number of aliphatic carboxylic acids is 1. The molecule has 4 heteroatoms. The van der Waals surface area contributed by atoms with Gasteiger partial charge in [-0.3, -0.25) is 4.79 Å². The number of rotatable bonds is 2.